The molecule has 13 heavy (non-hydrogen) atoms. The van der Waals surface area contributed by atoms with Crippen LogP contribution in [0.4, 0.5) is 11.6 Å². The van der Waals surface area contributed by atoms with Crippen molar-refractivity contribution in [2.45, 2.75) is 25.0 Å². The summed E-state index contributed by atoms with van der Waals surface area (Å²) >= 11 is 0. The Morgan fingerprint density at radius 3 is 2.69 bits per heavy atom. The highest BCUT2D eigenvalue weighted by atomic mass is 16.3. The second-order valence-electron chi connectivity index (χ2n) is 3.26. The molecule has 0 amide bonds. The second-order valence-corrected chi connectivity index (χ2v) is 3.26. The highest BCUT2D eigenvalue weighted by Crippen LogP contribution is 2.24. The minimum atomic E-state index is -0.171. The van der Waals surface area contributed by atoms with Crippen LogP contribution < -0.4 is 11.1 Å². The SMILES string of the molecule is Nc1nccnc1NC1CC(O)C1. The lowest BCUT2D eigenvalue weighted by Gasteiger charge is -2.32. The van der Waals surface area contributed by atoms with Gasteiger partial charge in [0, 0.05) is 18.4 Å². The standard InChI is InChI=1S/C8H12N4O/c9-7-8(11-2-1-10-7)12-5-3-6(13)4-5/h1-2,5-6,13H,3-4H2,(H2,9,10)(H,11,12). The maximum atomic E-state index is 9.06. The average Bonchev–Trinajstić information content (AvgIpc) is 2.06. The monoisotopic (exact) mass is 180 g/mol. The Morgan fingerprint density at radius 1 is 1.38 bits per heavy atom. The van der Waals surface area contributed by atoms with E-state index in [-0.39, 0.29) is 12.1 Å². The molecular weight excluding hydrogens is 168 g/mol. The molecule has 1 saturated carbocycles. The van der Waals surface area contributed by atoms with E-state index >= 15 is 0 Å². The van der Waals surface area contributed by atoms with Gasteiger partial charge in [-0.15, -0.1) is 0 Å². The third-order valence-corrected chi connectivity index (χ3v) is 2.18. The zero-order chi connectivity index (χ0) is 9.26. The van der Waals surface area contributed by atoms with E-state index in [2.05, 4.69) is 15.3 Å². The van der Waals surface area contributed by atoms with E-state index in [0.29, 0.717) is 11.6 Å². The summed E-state index contributed by atoms with van der Waals surface area (Å²) in [5, 5.41) is 12.2. The van der Waals surface area contributed by atoms with Crippen molar-refractivity contribution in [3.05, 3.63) is 12.4 Å². The first-order valence-corrected chi connectivity index (χ1v) is 4.27. The molecule has 0 aliphatic heterocycles. The van der Waals surface area contributed by atoms with Crippen molar-refractivity contribution in [2.75, 3.05) is 11.1 Å². The maximum Gasteiger partial charge on any atom is 0.169 e. The van der Waals surface area contributed by atoms with Crippen molar-refractivity contribution >= 4 is 11.6 Å². The number of nitrogens with two attached hydrogens (primary N) is 1. The summed E-state index contributed by atoms with van der Waals surface area (Å²) in [6, 6.07) is 0.286. The summed E-state index contributed by atoms with van der Waals surface area (Å²) in [5.74, 6) is 1.02. The molecule has 1 heterocycles. The van der Waals surface area contributed by atoms with Crippen LogP contribution in [0.25, 0.3) is 0 Å². The number of nitrogens with zero attached hydrogens (tertiary/aromatic N) is 2. The van der Waals surface area contributed by atoms with Gasteiger partial charge in [0.2, 0.25) is 0 Å². The van der Waals surface area contributed by atoms with Gasteiger partial charge in [0.1, 0.15) is 0 Å². The largest absolute Gasteiger partial charge is 0.393 e. The van der Waals surface area contributed by atoms with Gasteiger partial charge >= 0.3 is 0 Å². The predicted molar refractivity (Wildman–Crippen MR) is 49.1 cm³/mol. The molecule has 4 N–H and O–H groups in total. The van der Waals surface area contributed by atoms with Gasteiger partial charge < -0.3 is 16.2 Å². The van der Waals surface area contributed by atoms with E-state index in [4.69, 9.17) is 10.8 Å². The Balaban J connectivity index is 1.98. The lowest BCUT2D eigenvalue weighted by molar-refractivity contribution is 0.0835. The van der Waals surface area contributed by atoms with Crippen molar-refractivity contribution in [3.63, 3.8) is 0 Å². The molecule has 5 nitrogen and oxygen atoms in total. The number of anilines is 2. The zero-order valence-corrected chi connectivity index (χ0v) is 7.14. The average molecular weight is 180 g/mol. The quantitative estimate of drug-likeness (QED) is 0.596. The summed E-state index contributed by atoms with van der Waals surface area (Å²) in [6.07, 6.45) is 4.49. The molecule has 2 rings (SSSR count). The Labute approximate surface area is 76.0 Å². The van der Waals surface area contributed by atoms with Gasteiger partial charge in [0.05, 0.1) is 6.10 Å². The lowest BCUT2D eigenvalue weighted by atomic mass is 9.89. The van der Waals surface area contributed by atoms with E-state index in [1.807, 2.05) is 0 Å². The normalized spacial score (nSPS) is 26.5. The fourth-order valence-corrected chi connectivity index (χ4v) is 1.36. The molecule has 1 aromatic rings. The number of nitrogen functional groups attached to an aromatic ring is 1. The molecule has 0 spiro atoms. The predicted octanol–water partition coefficient (Wildman–Crippen LogP) is -0.00600. The molecule has 0 radical (unpaired) electrons. The Morgan fingerprint density at radius 2 is 2.08 bits per heavy atom. The van der Waals surface area contributed by atoms with E-state index in [0.717, 1.165) is 12.8 Å². The highest BCUT2D eigenvalue weighted by Gasteiger charge is 2.27. The zero-order valence-electron chi connectivity index (χ0n) is 7.14. The van der Waals surface area contributed by atoms with Crippen LogP contribution in [0.3, 0.4) is 0 Å². The van der Waals surface area contributed by atoms with Gasteiger partial charge in [-0.3, -0.25) is 0 Å². The molecule has 1 aliphatic rings. The minimum absolute atomic E-state index is 0.171. The van der Waals surface area contributed by atoms with E-state index < -0.39 is 0 Å². The molecule has 1 fully saturated rings. The molecule has 0 bridgehead atoms. The van der Waals surface area contributed by atoms with E-state index in [1.165, 1.54) is 0 Å². The van der Waals surface area contributed by atoms with Crippen LogP contribution in [-0.2, 0) is 0 Å². The van der Waals surface area contributed by atoms with Crippen LogP contribution in [0.15, 0.2) is 12.4 Å². The molecule has 0 unspecified atom stereocenters. The summed E-state index contributed by atoms with van der Waals surface area (Å²) in [5.41, 5.74) is 5.58. The second kappa shape index (κ2) is 3.18. The fourth-order valence-electron chi connectivity index (χ4n) is 1.36. The van der Waals surface area contributed by atoms with Gasteiger partial charge in [0.25, 0.3) is 0 Å². The first kappa shape index (κ1) is 8.25. The van der Waals surface area contributed by atoms with Crippen LogP contribution in [0.1, 0.15) is 12.8 Å². The molecule has 0 atom stereocenters. The summed E-state index contributed by atoms with van der Waals surface area (Å²) < 4.78 is 0. The molecule has 5 heteroatoms. The van der Waals surface area contributed by atoms with Crippen molar-refractivity contribution in [1.29, 1.82) is 0 Å². The molecule has 0 saturated heterocycles. The smallest absolute Gasteiger partial charge is 0.169 e. The number of aromatic nitrogens is 2. The minimum Gasteiger partial charge on any atom is -0.393 e. The van der Waals surface area contributed by atoms with Gasteiger partial charge in [-0.25, -0.2) is 9.97 Å². The van der Waals surface area contributed by atoms with Crippen LogP contribution >= 0.6 is 0 Å². The number of hydrogen-bond acceptors (Lipinski definition) is 5. The number of aliphatic hydroxyl groups excluding tert-OH is 1. The third kappa shape index (κ3) is 1.70. The Hall–Kier alpha value is -1.36. The number of hydrogen-bond donors (Lipinski definition) is 3. The van der Waals surface area contributed by atoms with E-state index in [1.54, 1.807) is 12.4 Å². The summed E-state index contributed by atoms with van der Waals surface area (Å²) in [4.78, 5) is 7.94. The van der Waals surface area contributed by atoms with Crippen molar-refractivity contribution in [2.24, 2.45) is 0 Å². The third-order valence-electron chi connectivity index (χ3n) is 2.18. The number of aliphatic hydroxyl groups is 1. The van der Waals surface area contributed by atoms with Crippen LogP contribution in [0, 0.1) is 0 Å². The van der Waals surface area contributed by atoms with Crippen LogP contribution in [-0.4, -0.2) is 27.2 Å². The Kier molecular flexibility index (Phi) is 2.02. The van der Waals surface area contributed by atoms with Gasteiger partial charge in [-0.2, -0.15) is 0 Å². The topological polar surface area (TPSA) is 84.1 Å². The number of rotatable bonds is 2. The van der Waals surface area contributed by atoms with Crippen molar-refractivity contribution < 1.29 is 5.11 Å². The van der Waals surface area contributed by atoms with Gasteiger partial charge in [0.15, 0.2) is 11.6 Å². The highest BCUT2D eigenvalue weighted by molar-refractivity contribution is 5.55. The first-order chi connectivity index (χ1) is 6.25. The summed E-state index contributed by atoms with van der Waals surface area (Å²) in [6.45, 7) is 0. The molecule has 1 aromatic heterocycles. The molecular formula is C8H12N4O. The van der Waals surface area contributed by atoms with E-state index in [9.17, 15) is 0 Å². The van der Waals surface area contributed by atoms with Crippen LogP contribution in [0.5, 0.6) is 0 Å². The van der Waals surface area contributed by atoms with Gasteiger partial charge in [-0.1, -0.05) is 0 Å². The lowest BCUT2D eigenvalue weighted by Crippen LogP contribution is -2.39. The van der Waals surface area contributed by atoms with Gasteiger partial charge in [-0.05, 0) is 12.8 Å². The number of nitrogens with one attached hydrogen (secondary N) is 1. The molecule has 0 aromatic carbocycles. The summed E-state index contributed by atoms with van der Waals surface area (Å²) in [7, 11) is 0. The Bertz CT molecular complexity index is 298. The first-order valence-electron chi connectivity index (χ1n) is 4.27. The molecule has 1 aliphatic carbocycles. The van der Waals surface area contributed by atoms with Crippen molar-refractivity contribution in [1.82, 2.24) is 9.97 Å². The fraction of sp³-hybridized carbons (Fsp3) is 0.500. The van der Waals surface area contributed by atoms with Crippen LogP contribution in [0.2, 0.25) is 0 Å². The maximum absolute atomic E-state index is 9.06. The molecule has 70 valence electrons. The van der Waals surface area contributed by atoms with Crippen molar-refractivity contribution in [3.8, 4) is 0 Å².